The summed E-state index contributed by atoms with van der Waals surface area (Å²) in [5.41, 5.74) is 3.09. The molecular weight excluding hydrogens is 456 g/mol. The van der Waals surface area contributed by atoms with Gasteiger partial charge in [-0.25, -0.2) is 17.9 Å². The van der Waals surface area contributed by atoms with Crippen molar-refractivity contribution in [2.45, 2.75) is 4.90 Å². The van der Waals surface area contributed by atoms with Crippen molar-refractivity contribution >= 4 is 33.7 Å². The molecule has 0 unspecified atom stereocenters. The third-order valence-electron chi connectivity index (χ3n) is 4.78. The quantitative estimate of drug-likeness (QED) is 0.358. The van der Waals surface area contributed by atoms with E-state index in [4.69, 9.17) is 9.47 Å². The zero-order valence-electron chi connectivity index (χ0n) is 18.6. The molecule has 3 aromatic rings. The number of benzene rings is 3. The van der Waals surface area contributed by atoms with Gasteiger partial charge in [-0.05, 0) is 54.1 Å². The molecule has 3 rings (SSSR count). The first-order valence-electron chi connectivity index (χ1n) is 10.2. The monoisotopic (exact) mass is 480 g/mol. The van der Waals surface area contributed by atoms with E-state index in [0.29, 0.717) is 11.3 Å². The third-order valence-corrected chi connectivity index (χ3v) is 6.21. The molecule has 0 atom stereocenters. The van der Waals surface area contributed by atoms with Crippen LogP contribution in [0.1, 0.15) is 5.56 Å². The molecule has 0 aliphatic rings. The minimum Gasteiger partial charge on any atom is -0.495 e. The van der Waals surface area contributed by atoms with Gasteiger partial charge in [-0.15, -0.1) is 0 Å². The van der Waals surface area contributed by atoms with Crippen molar-refractivity contribution in [3.8, 4) is 16.9 Å². The largest absolute Gasteiger partial charge is 0.495 e. The number of carbonyl (C=O) groups excluding carboxylic acids is 2. The molecule has 9 heteroatoms. The molecule has 176 valence electrons. The van der Waals surface area contributed by atoms with Gasteiger partial charge in [0.15, 0.2) is 6.61 Å². The Morgan fingerprint density at radius 2 is 1.62 bits per heavy atom. The minimum atomic E-state index is -3.75. The van der Waals surface area contributed by atoms with E-state index in [0.717, 1.165) is 17.2 Å². The average molecular weight is 481 g/mol. The lowest BCUT2D eigenvalue weighted by atomic mass is 10.1. The Kier molecular flexibility index (Phi) is 8.18. The number of methoxy groups -OCH3 is 1. The van der Waals surface area contributed by atoms with Crippen molar-refractivity contribution < 1.29 is 27.5 Å². The average Bonchev–Trinajstić information content (AvgIpc) is 2.87. The van der Waals surface area contributed by atoms with Crippen LogP contribution >= 0.6 is 0 Å². The Morgan fingerprint density at radius 3 is 2.26 bits per heavy atom. The fourth-order valence-corrected chi connectivity index (χ4v) is 3.97. The van der Waals surface area contributed by atoms with Crippen LogP contribution in [0.3, 0.4) is 0 Å². The molecule has 34 heavy (non-hydrogen) atoms. The Labute approximate surface area is 198 Å². The van der Waals surface area contributed by atoms with Crippen LogP contribution in [-0.2, 0) is 24.3 Å². The predicted octanol–water partition coefficient (Wildman–Crippen LogP) is 3.47. The summed E-state index contributed by atoms with van der Waals surface area (Å²) >= 11 is 0. The number of anilines is 1. The molecule has 0 radical (unpaired) electrons. The minimum absolute atomic E-state index is 0.0642. The van der Waals surface area contributed by atoms with Gasteiger partial charge in [0, 0.05) is 11.8 Å². The Balaban J connectivity index is 1.55. The first-order chi connectivity index (χ1) is 16.3. The van der Waals surface area contributed by atoms with Crippen LogP contribution < -0.4 is 14.8 Å². The van der Waals surface area contributed by atoms with Crippen LogP contribution in [0.2, 0.25) is 0 Å². The van der Waals surface area contributed by atoms with E-state index < -0.39 is 28.5 Å². The van der Waals surface area contributed by atoms with Gasteiger partial charge < -0.3 is 14.8 Å². The lowest BCUT2D eigenvalue weighted by Gasteiger charge is -2.09. The van der Waals surface area contributed by atoms with Crippen LogP contribution in [0.4, 0.5) is 5.69 Å². The van der Waals surface area contributed by atoms with Crippen molar-refractivity contribution in [2.75, 3.05) is 26.1 Å². The van der Waals surface area contributed by atoms with Crippen LogP contribution in [0, 0.1) is 0 Å². The van der Waals surface area contributed by atoms with E-state index in [1.807, 2.05) is 42.5 Å². The maximum Gasteiger partial charge on any atom is 0.331 e. The normalized spacial score (nSPS) is 11.2. The summed E-state index contributed by atoms with van der Waals surface area (Å²) < 4.78 is 36.5. The second-order valence-electron chi connectivity index (χ2n) is 7.05. The highest BCUT2D eigenvalue weighted by Gasteiger charge is 2.17. The first kappa shape index (κ1) is 24.7. The fourth-order valence-electron chi connectivity index (χ4n) is 3.04. The number of ether oxygens (including phenoxy) is 2. The van der Waals surface area contributed by atoms with Crippen LogP contribution in [0.15, 0.2) is 83.8 Å². The van der Waals surface area contributed by atoms with Gasteiger partial charge >= 0.3 is 5.97 Å². The van der Waals surface area contributed by atoms with Crippen molar-refractivity contribution in [1.29, 1.82) is 0 Å². The summed E-state index contributed by atoms with van der Waals surface area (Å²) in [4.78, 5) is 24.0. The smallest absolute Gasteiger partial charge is 0.331 e. The number of esters is 1. The van der Waals surface area contributed by atoms with E-state index in [2.05, 4.69) is 10.0 Å². The molecule has 0 saturated heterocycles. The lowest BCUT2D eigenvalue weighted by molar-refractivity contribution is -0.142. The molecule has 0 bridgehead atoms. The van der Waals surface area contributed by atoms with Crippen molar-refractivity contribution in [3.05, 3.63) is 84.4 Å². The van der Waals surface area contributed by atoms with E-state index in [-0.39, 0.29) is 10.6 Å². The molecular formula is C25H24N2O6S. The summed E-state index contributed by atoms with van der Waals surface area (Å²) in [5.74, 6) is -1.06. The fraction of sp³-hybridized carbons (Fsp3) is 0.120. The van der Waals surface area contributed by atoms with Crippen LogP contribution in [-0.4, -0.2) is 41.1 Å². The maximum atomic E-state index is 12.1. The van der Waals surface area contributed by atoms with Crippen molar-refractivity contribution in [1.82, 2.24) is 4.72 Å². The Morgan fingerprint density at radius 1 is 0.941 bits per heavy atom. The van der Waals surface area contributed by atoms with Crippen molar-refractivity contribution in [2.24, 2.45) is 0 Å². The number of carbonyl (C=O) groups is 2. The summed E-state index contributed by atoms with van der Waals surface area (Å²) in [7, 11) is -1.10. The summed E-state index contributed by atoms with van der Waals surface area (Å²) in [6.45, 7) is -0.467. The van der Waals surface area contributed by atoms with Gasteiger partial charge in [-0.2, -0.15) is 0 Å². The van der Waals surface area contributed by atoms with Gasteiger partial charge in [0.05, 0.1) is 7.11 Å². The highest BCUT2D eigenvalue weighted by molar-refractivity contribution is 7.89. The molecule has 0 aromatic heterocycles. The van der Waals surface area contributed by atoms with Crippen LogP contribution in [0.5, 0.6) is 5.75 Å². The van der Waals surface area contributed by atoms with Gasteiger partial charge in [-0.1, -0.05) is 48.5 Å². The molecule has 2 N–H and O–H groups in total. The van der Waals surface area contributed by atoms with E-state index >= 15 is 0 Å². The summed E-state index contributed by atoms with van der Waals surface area (Å²) in [5, 5.41) is 2.67. The second-order valence-corrected chi connectivity index (χ2v) is 8.91. The zero-order valence-corrected chi connectivity index (χ0v) is 19.5. The van der Waals surface area contributed by atoms with E-state index in [9.17, 15) is 18.0 Å². The molecule has 0 heterocycles. The zero-order chi connectivity index (χ0) is 24.6. The molecule has 0 aliphatic carbocycles. The topological polar surface area (TPSA) is 111 Å². The standard InChI is InChI=1S/C25H24N2O6S/c1-26-34(30,31)23-16-18(8-14-22(23)32-2)9-15-25(29)33-17-24(28)27-21-12-10-20(11-13-21)19-6-4-3-5-7-19/h3-16,26H,17H2,1-2H3,(H,27,28)/b15-9+. The number of hydrogen-bond acceptors (Lipinski definition) is 6. The van der Waals surface area contributed by atoms with E-state index in [1.165, 1.54) is 32.4 Å². The SMILES string of the molecule is CNS(=O)(=O)c1cc(/C=C/C(=O)OCC(=O)Nc2ccc(-c3ccccc3)cc2)ccc1OC. The number of nitrogens with one attached hydrogen (secondary N) is 2. The molecule has 3 aromatic carbocycles. The highest BCUT2D eigenvalue weighted by atomic mass is 32.2. The van der Waals surface area contributed by atoms with Gasteiger partial charge in [0.25, 0.3) is 5.91 Å². The molecule has 0 saturated carbocycles. The number of hydrogen-bond donors (Lipinski definition) is 2. The van der Waals surface area contributed by atoms with Crippen LogP contribution in [0.25, 0.3) is 17.2 Å². The summed E-state index contributed by atoms with van der Waals surface area (Å²) in [6, 6.07) is 21.6. The molecule has 0 aliphatic heterocycles. The first-order valence-corrected chi connectivity index (χ1v) is 11.7. The molecule has 8 nitrogen and oxygen atoms in total. The molecule has 0 spiro atoms. The molecule has 1 amide bonds. The lowest BCUT2D eigenvalue weighted by Crippen LogP contribution is -2.20. The van der Waals surface area contributed by atoms with Gasteiger partial charge in [-0.3, -0.25) is 4.79 Å². The second kappa shape index (κ2) is 11.3. The maximum absolute atomic E-state index is 12.1. The number of sulfonamides is 1. The number of amides is 1. The van der Waals surface area contributed by atoms with Gasteiger partial charge in [0.1, 0.15) is 10.6 Å². The highest BCUT2D eigenvalue weighted by Crippen LogP contribution is 2.25. The molecule has 0 fully saturated rings. The predicted molar refractivity (Wildman–Crippen MR) is 130 cm³/mol. The third kappa shape index (κ3) is 6.53. The Hall–Kier alpha value is -3.95. The Bertz CT molecular complexity index is 1290. The van der Waals surface area contributed by atoms with E-state index in [1.54, 1.807) is 18.2 Å². The van der Waals surface area contributed by atoms with Crippen molar-refractivity contribution in [3.63, 3.8) is 0 Å². The van der Waals surface area contributed by atoms with Gasteiger partial charge in [0.2, 0.25) is 10.0 Å². The summed E-state index contributed by atoms with van der Waals surface area (Å²) in [6.07, 6.45) is 2.50. The number of rotatable bonds is 9.